The molecule has 0 bridgehead atoms. The minimum absolute atomic E-state index is 0.0899. The molecule has 1 heterocycles. The predicted molar refractivity (Wildman–Crippen MR) is 108 cm³/mol. The summed E-state index contributed by atoms with van der Waals surface area (Å²) >= 11 is 0. The van der Waals surface area contributed by atoms with Crippen LogP contribution in [0, 0.1) is 6.92 Å². The fourth-order valence-electron chi connectivity index (χ4n) is 2.85. The van der Waals surface area contributed by atoms with E-state index in [1.807, 2.05) is 6.92 Å². The quantitative estimate of drug-likeness (QED) is 0.689. The van der Waals surface area contributed by atoms with Gasteiger partial charge in [-0.25, -0.2) is 4.79 Å². The normalized spacial score (nSPS) is 15.1. The van der Waals surface area contributed by atoms with Crippen LogP contribution in [0.25, 0.3) is 5.57 Å². The fraction of sp³-hybridized carbons (Fsp3) is 0.286. The fourth-order valence-corrected chi connectivity index (χ4v) is 4.23. The Morgan fingerprint density at radius 3 is 2.17 bits per heavy atom. The molecule has 154 valence electrons. The molecule has 1 amide bonds. The van der Waals surface area contributed by atoms with E-state index in [2.05, 4.69) is 0 Å². The van der Waals surface area contributed by atoms with Crippen LogP contribution in [-0.4, -0.2) is 36.1 Å². The van der Waals surface area contributed by atoms with Crippen molar-refractivity contribution < 1.29 is 22.3 Å². The van der Waals surface area contributed by atoms with Gasteiger partial charge in [0.2, 0.25) is 5.95 Å². The Balaban J connectivity index is 2.10. The zero-order valence-electron chi connectivity index (χ0n) is 16.7. The van der Waals surface area contributed by atoms with Gasteiger partial charge in [-0.15, -0.1) is 4.41 Å². The lowest BCUT2D eigenvalue weighted by molar-refractivity contribution is -0.00144. The van der Waals surface area contributed by atoms with Crippen molar-refractivity contribution in [2.75, 3.05) is 6.54 Å². The number of sulfonamides is 1. The van der Waals surface area contributed by atoms with Gasteiger partial charge >= 0.3 is 6.09 Å². The molecule has 3 rings (SSSR count). The molecule has 0 aromatic heterocycles. The maximum atomic E-state index is 15.4. The van der Waals surface area contributed by atoms with Gasteiger partial charge in [-0.05, 0) is 45.4 Å². The number of carbonyl (C=O) groups is 1. The van der Waals surface area contributed by atoms with Crippen molar-refractivity contribution in [1.82, 2.24) is 9.42 Å². The average Bonchev–Trinajstić information content (AvgIpc) is 2.99. The first kappa shape index (κ1) is 20.9. The van der Waals surface area contributed by atoms with Gasteiger partial charge in [0, 0.05) is 5.57 Å². The number of amides is 1. The zero-order chi connectivity index (χ0) is 21.4. The number of halogens is 1. The summed E-state index contributed by atoms with van der Waals surface area (Å²) in [7, 11) is -4.37. The monoisotopic (exact) mass is 418 g/mol. The first-order valence-electron chi connectivity index (χ1n) is 9.07. The zero-order valence-corrected chi connectivity index (χ0v) is 17.5. The number of hydrogen-bond donors (Lipinski definition) is 0. The molecule has 2 aromatic carbocycles. The van der Waals surface area contributed by atoms with Gasteiger partial charge in [-0.1, -0.05) is 48.0 Å². The molecular weight excluding hydrogens is 395 g/mol. The van der Waals surface area contributed by atoms with Crippen LogP contribution in [0.2, 0.25) is 0 Å². The van der Waals surface area contributed by atoms with Crippen molar-refractivity contribution in [3.8, 4) is 0 Å². The third-order valence-corrected chi connectivity index (χ3v) is 5.90. The van der Waals surface area contributed by atoms with Gasteiger partial charge in [0.25, 0.3) is 10.0 Å². The molecule has 29 heavy (non-hydrogen) atoms. The van der Waals surface area contributed by atoms with Crippen LogP contribution in [-0.2, 0) is 14.8 Å². The molecule has 0 N–H and O–H groups in total. The Bertz CT molecular complexity index is 1040. The van der Waals surface area contributed by atoms with Crippen LogP contribution in [0.1, 0.15) is 31.9 Å². The number of aryl methyl sites for hydroxylation is 1. The summed E-state index contributed by atoms with van der Waals surface area (Å²) in [6.07, 6.45) is -0.950. The van der Waals surface area contributed by atoms with Gasteiger partial charge in [-0.2, -0.15) is 17.8 Å². The molecule has 2 aromatic rings. The van der Waals surface area contributed by atoms with E-state index < -0.39 is 27.7 Å². The van der Waals surface area contributed by atoms with E-state index >= 15 is 4.39 Å². The summed E-state index contributed by atoms with van der Waals surface area (Å²) in [6, 6.07) is 14.5. The van der Waals surface area contributed by atoms with E-state index in [0.29, 0.717) is 9.98 Å². The van der Waals surface area contributed by atoms with Crippen LogP contribution >= 0.6 is 0 Å². The highest BCUT2D eigenvalue weighted by molar-refractivity contribution is 7.89. The highest BCUT2D eigenvalue weighted by Gasteiger charge is 2.44. The molecule has 1 aliphatic heterocycles. The first-order valence-corrected chi connectivity index (χ1v) is 10.5. The van der Waals surface area contributed by atoms with E-state index in [-0.39, 0.29) is 17.0 Å². The van der Waals surface area contributed by atoms with Crippen molar-refractivity contribution in [1.29, 1.82) is 0 Å². The van der Waals surface area contributed by atoms with Gasteiger partial charge in [-0.3, -0.25) is 0 Å². The van der Waals surface area contributed by atoms with E-state index in [1.165, 1.54) is 12.1 Å². The largest absolute Gasteiger partial charge is 0.442 e. The standard InChI is InChI=1S/C21H23FN2O4S/c1-15-10-12-17(13-11-15)29(26,27)24-19(22)18(16-8-6-5-7-9-16)14-23(24)20(25)28-21(2,3)4/h5-13H,14H2,1-4H3. The summed E-state index contributed by atoms with van der Waals surface area (Å²) in [5, 5.41) is 0.776. The number of benzene rings is 2. The Morgan fingerprint density at radius 1 is 1.03 bits per heavy atom. The third kappa shape index (κ3) is 4.27. The Labute approximate surface area is 170 Å². The molecule has 0 spiro atoms. The highest BCUT2D eigenvalue weighted by atomic mass is 32.2. The molecule has 0 saturated heterocycles. The first-order chi connectivity index (χ1) is 13.5. The molecule has 6 nitrogen and oxygen atoms in total. The molecule has 0 saturated carbocycles. The molecule has 8 heteroatoms. The minimum Gasteiger partial charge on any atom is -0.442 e. The Hall–Kier alpha value is -2.87. The van der Waals surface area contributed by atoms with Crippen molar-refractivity contribution in [3.05, 3.63) is 71.7 Å². The SMILES string of the molecule is Cc1ccc(S(=O)(=O)N2C(F)=C(c3ccccc3)CN2C(=O)OC(C)(C)C)cc1. The molecular formula is C21H23FN2O4S. The molecule has 0 aliphatic carbocycles. The molecule has 0 atom stereocenters. The van der Waals surface area contributed by atoms with Crippen molar-refractivity contribution in [3.63, 3.8) is 0 Å². The van der Waals surface area contributed by atoms with Crippen LogP contribution in [0.15, 0.2) is 65.4 Å². The predicted octanol–water partition coefficient (Wildman–Crippen LogP) is 4.49. The van der Waals surface area contributed by atoms with Crippen molar-refractivity contribution in [2.24, 2.45) is 0 Å². The molecule has 0 fully saturated rings. The highest BCUT2D eigenvalue weighted by Crippen LogP contribution is 2.36. The number of hydrogen-bond acceptors (Lipinski definition) is 4. The number of rotatable bonds is 3. The van der Waals surface area contributed by atoms with Crippen LogP contribution in [0.4, 0.5) is 9.18 Å². The van der Waals surface area contributed by atoms with Gasteiger partial charge in [0.05, 0.1) is 11.4 Å². The van der Waals surface area contributed by atoms with Gasteiger partial charge in [0.15, 0.2) is 0 Å². The van der Waals surface area contributed by atoms with E-state index in [0.717, 1.165) is 10.6 Å². The maximum absolute atomic E-state index is 15.4. The van der Waals surface area contributed by atoms with E-state index in [4.69, 9.17) is 4.74 Å². The second kappa shape index (κ2) is 7.51. The Morgan fingerprint density at radius 2 is 1.62 bits per heavy atom. The van der Waals surface area contributed by atoms with Crippen LogP contribution in [0.5, 0.6) is 0 Å². The average molecular weight is 418 g/mol. The number of hydrazine groups is 1. The molecule has 0 radical (unpaired) electrons. The number of nitrogens with zero attached hydrogens (tertiary/aromatic N) is 2. The van der Waals surface area contributed by atoms with E-state index in [9.17, 15) is 13.2 Å². The Kier molecular flexibility index (Phi) is 5.40. The second-order valence-corrected chi connectivity index (χ2v) is 9.50. The van der Waals surface area contributed by atoms with Gasteiger partial charge < -0.3 is 4.74 Å². The van der Waals surface area contributed by atoms with E-state index in [1.54, 1.807) is 63.2 Å². The summed E-state index contributed by atoms with van der Waals surface area (Å²) in [5.74, 6) is -1.03. The van der Waals surface area contributed by atoms with Crippen molar-refractivity contribution in [2.45, 2.75) is 38.2 Å². The van der Waals surface area contributed by atoms with Crippen LogP contribution < -0.4 is 0 Å². The minimum atomic E-state index is -4.37. The summed E-state index contributed by atoms with van der Waals surface area (Å²) in [6.45, 7) is 6.51. The van der Waals surface area contributed by atoms with Crippen molar-refractivity contribution >= 4 is 21.7 Å². The van der Waals surface area contributed by atoms with Gasteiger partial charge in [0.1, 0.15) is 5.60 Å². The smallest absolute Gasteiger partial charge is 0.430 e. The number of carbonyl (C=O) groups excluding carboxylic acids is 1. The second-order valence-electron chi connectivity index (χ2n) is 7.73. The summed E-state index contributed by atoms with van der Waals surface area (Å²) in [5.41, 5.74) is 0.560. The topological polar surface area (TPSA) is 66.9 Å². The lowest BCUT2D eigenvalue weighted by atomic mass is 10.1. The lowest BCUT2D eigenvalue weighted by Crippen LogP contribution is -2.47. The molecule has 1 aliphatic rings. The van der Waals surface area contributed by atoms with Crippen LogP contribution in [0.3, 0.4) is 0 Å². The number of ether oxygens (including phenoxy) is 1. The maximum Gasteiger partial charge on any atom is 0.430 e. The third-order valence-electron chi connectivity index (χ3n) is 4.22. The summed E-state index contributed by atoms with van der Waals surface area (Å²) < 4.78 is 47.6. The molecule has 0 unspecified atom stereocenters. The lowest BCUT2D eigenvalue weighted by Gasteiger charge is -2.30. The summed E-state index contributed by atoms with van der Waals surface area (Å²) in [4.78, 5) is 12.6.